The maximum Gasteiger partial charge on any atom is 0.155 e. The normalized spacial score (nSPS) is 36.8. The Labute approximate surface area is 78.1 Å². The van der Waals surface area contributed by atoms with E-state index in [1.54, 1.807) is 0 Å². The minimum atomic E-state index is 0.430. The second kappa shape index (κ2) is 2.82. The first-order valence-corrected chi connectivity index (χ1v) is 4.92. The molecule has 2 aliphatic heterocycles. The highest BCUT2D eigenvalue weighted by atomic mass is 16.8. The third-order valence-corrected chi connectivity index (χ3v) is 2.99. The van der Waals surface area contributed by atoms with Gasteiger partial charge in [-0.2, -0.15) is 5.06 Å². The second-order valence-corrected chi connectivity index (χ2v) is 3.83. The summed E-state index contributed by atoms with van der Waals surface area (Å²) in [6, 6.07) is 10.8. The number of fused-ring (bicyclic) bond motifs is 1. The van der Waals surface area contributed by atoms with E-state index in [-0.39, 0.29) is 0 Å². The molecule has 0 spiro atoms. The van der Waals surface area contributed by atoms with Gasteiger partial charge in [0, 0.05) is 6.54 Å². The van der Waals surface area contributed by atoms with E-state index in [9.17, 15) is 0 Å². The number of rotatable bonds is 1. The average molecular weight is 175 g/mol. The van der Waals surface area contributed by atoms with E-state index in [4.69, 9.17) is 4.84 Å². The minimum Gasteiger partial charge on any atom is -0.275 e. The molecule has 1 aromatic rings. The third-order valence-electron chi connectivity index (χ3n) is 2.99. The number of hydroxylamine groups is 2. The van der Waals surface area contributed by atoms with Gasteiger partial charge in [0.05, 0.1) is 0 Å². The number of piperidine rings is 1. The zero-order valence-corrected chi connectivity index (χ0v) is 7.52. The van der Waals surface area contributed by atoms with Gasteiger partial charge in [-0.3, -0.25) is 4.84 Å². The van der Waals surface area contributed by atoms with Crippen LogP contribution >= 0.6 is 0 Å². The standard InChI is InChI=1S/C11H13NO/c1-2-4-9(5-3-1)10-6-7-12-11(8-10)13-12/h1-5,10-11H,6-8H2. The van der Waals surface area contributed by atoms with Crippen molar-refractivity contribution in [1.29, 1.82) is 0 Å². The Morgan fingerprint density at radius 3 is 2.85 bits per heavy atom. The van der Waals surface area contributed by atoms with Gasteiger partial charge >= 0.3 is 0 Å². The molecule has 68 valence electrons. The second-order valence-electron chi connectivity index (χ2n) is 3.83. The molecule has 3 rings (SSSR count). The molecule has 2 nitrogen and oxygen atoms in total. The molecule has 2 saturated heterocycles. The van der Waals surface area contributed by atoms with Crippen molar-refractivity contribution in [3.63, 3.8) is 0 Å². The maximum atomic E-state index is 5.36. The largest absolute Gasteiger partial charge is 0.275 e. The van der Waals surface area contributed by atoms with Crippen molar-refractivity contribution in [1.82, 2.24) is 5.06 Å². The van der Waals surface area contributed by atoms with Gasteiger partial charge in [-0.25, -0.2) is 0 Å². The summed E-state index contributed by atoms with van der Waals surface area (Å²) in [5, 5.41) is 2.08. The Balaban J connectivity index is 1.78. The van der Waals surface area contributed by atoms with Crippen LogP contribution in [0.5, 0.6) is 0 Å². The molecule has 3 unspecified atom stereocenters. The van der Waals surface area contributed by atoms with Crippen LogP contribution in [0.4, 0.5) is 0 Å². The molecular formula is C11H13NO. The van der Waals surface area contributed by atoms with Gasteiger partial charge in [-0.15, -0.1) is 0 Å². The van der Waals surface area contributed by atoms with Crippen LogP contribution in [0.25, 0.3) is 0 Å². The molecule has 2 fully saturated rings. The lowest BCUT2D eigenvalue weighted by Gasteiger charge is -2.19. The molecule has 0 aromatic heterocycles. The van der Waals surface area contributed by atoms with Crippen molar-refractivity contribution in [2.75, 3.05) is 6.54 Å². The first kappa shape index (κ1) is 7.54. The predicted octanol–water partition coefficient (Wildman–Crippen LogP) is 2.14. The van der Waals surface area contributed by atoms with Crippen LogP contribution in [0, 0.1) is 0 Å². The van der Waals surface area contributed by atoms with Crippen molar-refractivity contribution in [2.45, 2.75) is 25.0 Å². The molecule has 0 N–H and O–H groups in total. The molecule has 0 saturated carbocycles. The quantitative estimate of drug-likeness (QED) is 0.608. The Bertz CT molecular complexity index is 298. The molecule has 2 heterocycles. The Kier molecular flexibility index (Phi) is 1.64. The van der Waals surface area contributed by atoms with E-state index in [1.165, 1.54) is 18.4 Å². The molecule has 0 aliphatic carbocycles. The molecule has 13 heavy (non-hydrogen) atoms. The lowest BCUT2D eigenvalue weighted by Crippen LogP contribution is -2.17. The predicted molar refractivity (Wildman–Crippen MR) is 50.0 cm³/mol. The topological polar surface area (TPSA) is 15.5 Å². The summed E-state index contributed by atoms with van der Waals surface area (Å²) < 4.78 is 0. The van der Waals surface area contributed by atoms with Crippen LogP contribution in [-0.2, 0) is 4.84 Å². The molecule has 2 heteroatoms. The summed E-state index contributed by atoms with van der Waals surface area (Å²) in [5.41, 5.74) is 1.47. The van der Waals surface area contributed by atoms with Crippen LogP contribution in [-0.4, -0.2) is 17.8 Å². The Hall–Kier alpha value is -0.860. The van der Waals surface area contributed by atoms with E-state index in [0.29, 0.717) is 12.1 Å². The Morgan fingerprint density at radius 2 is 2.08 bits per heavy atom. The van der Waals surface area contributed by atoms with Crippen LogP contribution in [0.3, 0.4) is 0 Å². The van der Waals surface area contributed by atoms with Crippen molar-refractivity contribution in [2.24, 2.45) is 0 Å². The van der Waals surface area contributed by atoms with Crippen LogP contribution < -0.4 is 0 Å². The number of hydrogen-bond acceptors (Lipinski definition) is 2. The third kappa shape index (κ3) is 1.36. The summed E-state index contributed by atoms with van der Waals surface area (Å²) in [6.07, 6.45) is 2.84. The Morgan fingerprint density at radius 1 is 1.23 bits per heavy atom. The number of benzene rings is 1. The van der Waals surface area contributed by atoms with Gasteiger partial charge in [-0.05, 0) is 24.3 Å². The fourth-order valence-electron chi connectivity index (χ4n) is 2.16. The summed E-state index contributed by atoms with van der Waals surface area (Å²) in [7, 11) is 0. The fraction of sp³-hybridized carbons (Fsp3) is 0.455. The lowest BCUT2D eigenvalue weighted by molar-refractivity contribution is 0.199. The van der Waals surface area contributed by atoms with Gasteiger partial charge in [0.25, 0.3) is 0 Å². The SMILES string of the molecule is c1ccc(C2CCN3OC3C2)cc1. The summed E-state index contributed by atoms with van der Waals surface area (Å²) >= 11 is 0. The lowest BCUT2D eigenvalue weighted by atomic mass is 9.90. The van der Waals surface area contributed by atoms with Gasteiger partial charge in [0.15, 0.2) is 6.23 Å². The van der Waals surface area contributed by atoms with Crippen molar-refractivity contribution >= 4 is 0 Å². The number of nitrogens with zero attached hydrogens (tertiary/aromatic N) is 1. The monoisotopic (exact) mass is 175 g/mol. The molecular weight excluding hydrogens is 162 g/mol. The molecule has 0 bridgehead atoms. The van der Waals surface area contributed by atoms with Gasteiger partial charge in [0.1, 0.15) is 0 Å². The number of hydrogen-bond donors (Lipinski definition) is 0. The van der Waals surface area contributed by atoms with Crippen molar-refractivity contribution in [3.8, 4) is 0 Å². The zero-order valence-electron chi connectivity index (χ0n) is 7.52. The molecule has 0 radical (unpaired) electrons. The van der Waals surface area contributed by atoms with Crippen molar-refractivity contribution < 1.29 is 4.84 Å². The highest BCUT2D eigenvalue weighted by Gasteiger charge is 2.42. The summed E-state index contributed by atoms with van der Waals surface area (Å²) in [6.45, 7) is 1.10. The van der Waals surface area contributed by atoms with Crippen LogP contribution in [0.2, 0.25) is 0 Å². The van der Waals surface area contributed by atoms with E-state index in [0.717, 1.165) is 6.54 Å². The minimum absolute atomic E-state index is 0.430. The highest BCUT2D eigenvalue weighted by molar-refractivity contribution is 5.20. The van der Waals surface area contributed by atoms with Gasteiger partial charge in [-0.1, -0.05) is 30.3 Å². The van der Waals surface area contributed by atoms with E-state index >= 15 is 0 Å². The first-order valence-electron chi connectivity index (χ1n) is 4.92. The van der Waals surface area contributed by atoms with E-state index in [2.05, 4.69) is 35.4 Å². The average Bonchev–Trinajstić information content (AvgIpc) is 2.96. The maximum absolute atomic E-state index is 5.36. The van der Waals surface area contributed by atoms with E-state index in [1.807, 2.05) is 0 Å². The molecule has 3 atom stereocenters. The zero-order chi connectivity index (χ0) is 8.67. The van der Waals surface area contributed by atoms with Crippen molar-refractivity contribution in [3.05, 3.63) is 35.9 Å². The summed E-state index contributed by atoms with van der Waals surface area (Å²) in [4.78, 5) is 5.36. The van der Waals surface area contributed by atoms with E-state index < -0.39 is 0 Å². The summed E-state index contributed by atoms with van der Waals surface area (Å²) in [5.74, 6) is 0.713. The van der Waals surface area contributed by atoms with Crippen LogP contribution in [0.15, 0.2) is 30.3 Å². The van der Waals surface area contributed by atoms with Gasteiger partial charge < -0.3 is 0 Å². The fourth-order valence-corrected chi connectivity index (χ4v) is 2.16. The smallest absolute Gasteiger partial charge is 0.155 e. The highest BCUT2D eigenvalue weighted by Crippen LogP contribution is 2.39. The molecule has 1 aromatic carbocycles. The molecule has 2 aliphatic rings. The van der Waals surface area contributed by atoms with Crippen LogP contribution in [0.1, 0.15) is 24.3 Å². The first-order chi connectivity index (χ1) is 6.43. The molecule has 0 amide bonds. The van der Waals surface area contributed by atoms with Gasteiger partial charge in [0.2, 0.25) is 0 Å².